The van der Waals surface area contributed by atoms with Gasteiger partial charge < -0.3 is 10.2 Å². The van der Waals surface area contributed by atoms with Crippen molar-refractivity contribution in [1.82, 2.24) is 0 Å². The van der Waals surface area contributed by atoms with E-state index in [1.807, 2.05) is 0 Å². The maximum atomic E-state index is 13.0. The number of hydrogen-bond donors (Lipinski definition) is 1. The quantitative estimate of drug-likeness (QED) is 0.346. The first-order chi connectivity index (χ1) is 13.0. The molecule has 28 heavy (non-hydrogen) atoms. The number of benzene rings is 2. The maximum absolute atomic E-state index is 13.0. The molecule has 0 bridgehead atoms. The smallest absolute Gasteiger partial charge is 0.332 e. The van der Waals surface area contributed by atoms with Crippen molar-refractivity contribution in [3.8, 4) is 0 Å². The van der Waals surface area contributed by atoms with Crippen LogP contribution in [0.5, 0.6) is 0 Å². The van der Waals surface area contributed by atoms with Gasteiger partial charge in [0.05, 0.1) is 11.1 Å². The minimum absolute atomic E-state index is 0.0308. The van der Waals surface area contributed by atoms with E-state index < -0.39 is 23.5 Å². The summed E-state index contributed by atoms with van der Waals surface area (Å²) in [7, 11) is 0. The molecule has 0 aromatic heterocycles. The van der Waals surface area contributed by atoms with Crippen molar-refractivity contribution in [1.29, 1.82) is 0 Å². The summed E-state index contributed by atoms with van der Waals surface area (Å²) < 4.78 is 77.6. The molecule has 2 aromatic rings. The lowest BCUT2D eigenvalue weighted by Gasteiger charge is -2.26. The van der Waals surface area contributed by atoms with E-state index in [1.165, 1.54) is 29.2 Å². The van der Waals surface area contributed by atoms with Crippen molar-refractivity contribution in [2.75, 3.05) is 16.8 Å². The third-order valence-electron chi connectivity index (χ3n) is 3.70. The fraction of sp³-hybridized carbons (Fsp3) is 0.211. The number of allylic oxidation sites excluding steroid dienone is 1. The fourth-order valence-corrected chi connectivity index (χ4v) is 2.63. The SMILES string of the molecule is C/C=C/CN(C(=S)Nc1cccc(C(F)(F)F)c1)c1cccc(C(F)(F)F)c1. The highest BCUT2D eigenvalue weighted by Crippen LogP contribution is 2.33. The molecule has 0 fully saturated rings. The third kappa shape index (κ3) is 5.72. The van der Waals surface area contributed by atoms with Gasteiger partial charge >= 0.3 is 12.4 Å². The van der Waals surface area contributed by atoms with E-state index in [1.54, 1.807) is 19.1 Å². The Labute approximate surface area is 163 Å². The molecule has 0 aliphatic rings. The van der Waals surface area contributed by atoms with E-state index in [0.717, 1.165) is 24.3 Å². The van der Waals surface area contributed by atoms with Gasteiger partial charge in [-0.3, -0.25) is 0 Å². The molecule has 0 atom stereocenters. The van der Waals surface area contributed by atoms with E-state index >= 15 is 0 Å². The molecule has 150 valence electrons. The molecule has 0 radical (unpaired) electrons. The van der Waals surface area contributed by atoms with Crippen LogP contribution in [0.1, 0.15) is 18.1 Å². The Morgan fingerprint density at radius 3 is 2.11 bits per heavy atom. The monoisotopic (exact) mass is 418 g/mol. The summed E-state index contributed by atoms with van der Waals surface area (Å²) in [5.41, 5.74) is -1.47. The van der Waals surface area contributed by atoms with Gasteiger partial charge in [-0.05, 0) is 55.5 Å². The van der Waals surface area contributed by atoms with Crippen LogP contribution in [-0.4, -0.2) is 11.7 Å². The summed E-state index contributed by atoms with van der Waals surface area (Å²) in [5.74, 6) is 0. The van der Waals surface area contributed by atoms with Crippen molar-refractivity contribution in [2.24, 2.45) is 0 Å². The number of thiocarbonyl (C=S) groups is 1. The topological polar surface area (TPSA) is 15.3 Å². The Morgan fingerprint density at radius 2 is 1.54 bits per heavy atom. The summed E-state index contributed by atoms with van der Waals surface area (Å²) in [6, 6.07) is 8.96. The number of hydrogen-bond acceptors (Lipinski definition) is 1. The van der Waals surface area contributed by atoms with Gasteiger partial charge in [-0.2, -0.15) is 26.3 Å². The number of halogens is 6. The van der Waals surface area contributed by atoms with Crippen LogP contribution >= 0.6 is 12.2 Å². The molecular formula is C19H16F6N2S. The molecule has 0 saturated heterocycles. The molecule has 2 aromatic carbocycles. The molecule has 0 spiro atoms. The molecule has 2 nitrogen and oxygen atoms in total. The highest BCUT2D eigenvalue weighted by atomic mass is 32.1. The summed E-state index contributed by atoms with van der Waals surface area (Å²) in [6.45, 7) is 1.87. The highest BCUT2D eigenvalue weighted by Gasteiger charge is 2.32. The lowest BCUT2D eigenvalue weighted by atomic mass is 10.1. The predicted octanol–water partition coefficient (Wildman–Crippen LogP) is 6.50. The van der Waals surface area contributed by atoms with Crippen molar-refractivity contribution in [3.63, 3.8) is 0 Å². The molecule has 0 heterocycles. The summed E-state index contributed by atoms with van der Waals surface area (Å²) in [5, 5.41) is 2.63. The van der Waals surface area contributed by atoms with Gasteiger partial charge in [0, 0.05) is 17.9 Å². The first-order valence-electron chi connectivity index (χ1n) is 8.06. The van der Waals surface area contributed by atoms with Crippen LogP contribution in [0.3, 0.4) is 0 Å². The number of rotatable bonds is 4. The first-order valence-corrected chi connectivity index (χ1v) is 8.47. The molecule has 0 unspecified atom stereocenters. The Hall–Kier alpha value is -2.55. The van der Waals surface area contributed by atoms with Crippen molar-refractivity contribution in [2.45, 2.75) is 19.3 Å². The summed E-state index contributed by atoms with van der Waals surface area (Å²) in [4.78, 5) is 1.37. The lowest BCUT2D eigenvalue weighted by molar-refractivity contribution is -0.138. The molecule has 0 saturated carbocycles. The van der Waals surface area contributed by atoms with Gasteiger partial charge in [-0.25, -0.2) is 0 Å². The van der Waals surface area contributed by atoms with E-state index in [4.69, 9.17) is 12.2 Å². The number of nitrogens with zero attached hydrogens (tertiary/aromatic N) is 1. The van der Waals surface area contributed by atoms with Gasteiger partial charge in [-0.1, -0.05) is 24.3 Å². The third-order valence-corrected chi connectivity index (χ3v) is 4.02. The zero-order chi connectivity index (χ0) is 20.9. The maximum Gasteiger partial charge on any atom is 0.416 e. The zero-order valence-corrected chi connectivity index (χ0v) is 15.4. The van der Waals surface area contributed by atoms with Crippen molar-refractivity contribution >= 4 is 28.7 Å². The average Bonchev–Trinajstić information content (AvgIpc) is 2.61. The summed E-state index contributed by atoms with van der Waals surface area (Å²) >= 11 is 5.24. The van der Waals surface area contributed by atoms with Gasteiger partial charge in [-0.15, -0.1) is 0 Å². The molecule has 9 heteroatoms. The van der Waals surface area contributed by atoms with E-state index in [9.17, 15) is 26.3 Å². The average molecular weight is 418 g/mol. The van der Waals surface area contributed by atoms with Crippen LogP contribution in [0.4, 0.5) is 37.7 Å². The second-order valence-electron chi connectivity index (χ2n) is 5.74. The van der Waals surface area contributed by atoms with Crippen LogP contribution in [0.25, 0.3) is 0 Å². The van der Waals surface area contributed by atoms with E-state index in [0.29, 0.717) is 0 Å². The number of nitrogens with one attached hydrogen (secondary N) is 1. The van der Waals surface area contributed by atoms with Crippen molar-refractivity contribution < 1.29 is 26.3 Å². The van der Waals surface area contributed by atoms with Crippen LogP contribution in [0, 0.1) is 0 Å². The molecule has 1 N–H and O–H groups in total. The van der Waals surface area contributed by atoms with E-state index in [-0.39, 0.29) is 23.0 Å². The largest absolute Gasteiger partial charge is 0.416 e. The standard InChI is InChI=1S/C19H16F6N2S/c1-2-3-10-27(16-9-5-7-14(12-16)19(23,24)25)17(28)26-15-8-4-6-13(11-15)18(20,21)22/h2-9,11-12H,10H2,1H3,(H,26,28)/b3-2+. The first kappa shape index (κ1) is 21.7. The highest BCUT2D eigenvalue weighted by molar-refractivity contribution is 7.80. The number of anilines is 2. The second-order valence-corrected chi connectivity index (χ2v) is 6.12. The Kier molecular flexibility index (Phi) is 6.71. The van der Waals surface area contributed by atoms with Gasteiger partial charge in [0.15, 0.2) is 5.11 Å². The Morgan fingerprint density at radius 1 is 0.964 bits per heavy atom. The molecule has 0 aliphatic carbocycles. The minimum Gasteiger partial charge on any atom is -0.332 e. The van der Waals surface area contributed by atoms with E-state index in [2.05, 4.69) is 5.32 Å². The lowest BCUT2D eigenvalue weighted by Crippen LogP contribution is -2.35. The van der Waals surface area contributed by atoms with Gasteiger partial charge in [0.1, 0.15) is 0 Å². The van der Waals surface area contributed by atoms with Gasteiger partial charge in [0.2, 0.25) is 0 Å². The summed E-state index contributed by atoms with van der Waals surface area (Å²) in [6.07, 6.45) is -5.70. The molecular weight excluding hydrogens is 402 g/mol. The normalized spacial score (nSPS) is 12.2. The van der Waals surface area contributed by atoms with Gasteiger partial charge in [0.25, 0.3) is 0 Å². The van der Waals surface area contributed by atoms with Crippen LogP contribution in [0.2, 0.25) is 0 Å². The number of alkyl halides is 6. The Balaban J connectivity index is 2.32. The minimum atomic E-state index is -4.53. The fourth-order valence-electron chi connectivity index (χ4n) is 2.33. The molecule has 0 amide bonds. The second kappa shape index (κ2) is 8.64. The molecule has 0 aliphatic heterocycles. The predicted molar refractivity (Wildman–Crippen MR) is 101 cm³/mol. The van der Waals surface area contributed by atoms with Crippen molar-refractivity contribution in [3.05, 3.63) is 71.8 Å². The zero-order valence-electron chi connectivity index (χ0n) is 14.6. The van der Waals surface area contributed by atoms with Crippen LogP contribution in [-0.2, 0) is 12.4 Å². The van der Waals surface area contributed by atoms with Crippen LogP contribution in [0.15, 0.2) is 60.7 Å². The Bertz CT molecular complexity index is 858. The molecule has 2 rings (SSSR count). The van der Waals surface area contributed by atoms with Crippen LogP contribution < -0.4 is 10.2 Å².